The van der Waals surface area contributed by atoms with E-state index in [4.69, 9.17) is 0 Å². The SMILES string of the molecule is Cc1ccc(C(=O)/C=C/c2ccc(C3CCCCC3)cc2)cc1. The monoisotopic (exact) mass is 304 g/mol. The van der Waals surface area contributed by atoms with Gasteiger partial charge in [0, 0.05) is 5.56 Å². The number of hydrogen-bond acceptors (Lipinski definition) is 1. The summed E-state index contributed by atoms with van der Waals surface area (Å²) in [7, 11) is 0. The van der Waals surface area contributed by atoms with Crippen LogP contribution in [0.1, 0.15) is 65.1 Å². The molecule has 0 amide bonds. The van der Waals surface area contributed by atoms with Gasteiger partial charge in [0.05, 0.1) is 0 Å². The predicted octanol–water partition coefficient (Wildman–Crippen LogP) is 5.94. The summed E-state index contributed by atoms with van der Waals surface area (Å²) in [5.74, 6) is 0.789. The second kappa shape index (κ2) is 7.41. The van der Waals surface area contributed by atoms with Crippen molar-refractivity contribution >= 4 is 11.9 Å². The Kier molecular flexibility index (Phi) is 5.07. The Morgan fingerprint density at radius 3 is 2.22 bits per heavy atom. The van der Waals surface area contributed by atoms with E-state index in [1.807, 2.05) is 37.3 Å². The van der Waals surface area contributed by atoms with Crippen molar-refractivity contribution in [2.45, 2.75) is 44.9 Å². The quantitative estimate of drug-likeness (QED) is 0.504. The highest BCUT2D eigenvalue weighted by atomic mass is 16.1. The molecule has 1 nitrogen and oxygen atoms in total. The first-order chi connectivity index (χ1) is 11.2. The number of rotatable bonds is 4. The summed E-state index contributed by atoms with van der Waals surface area (Å²) in [5.41, 5.74) is 4.45. The Morgan fingerprint density at radius 2 is 1.57 bits per heavy atom. The Hall–Kier alpha value is -2.15. The molecule has 0 unspecified atom stereocenters. The van der Waals surface area contributed by atoms with Crippen molar-refractivity contribution in [2.24, 2.45) is 0 Å². The molecule has 0 N–H and O–H groups in total. The van der Waals surface area contributed by atoms with E-state index in [-0.39, 0.29) is 5.78 Å². The van der Waals surface area contributed by atoms with E-state index in [9.17, 15) is 4.79 Å². The van der Waals surface area contributed by atoms with Crippen molar-refractivity contribution in [1.82, 2.24) is 0 Å². The number of carbonyl (C=O) groups excluding carboxylic acids is 1. The molecule has 1 heteroatoms. The van der Waals surface area contributed by atoms with Crippen LogP contribution in [0.15, 0.2) is 54.6 Å². The number of allylic oxidation sites excluding steroid dienone is 1. The number of hydrogen-bond donors (Lipinski definition) is 0. The summed E-state index contributed by atoms with van der Waals surface area (Å²) in [6.45, 7) is 2.03. The molecule has 118 valence electrons. The fraction of sp³-hybridized carbons (Fsp3) is 0.318. The molecule has 23 heavy (non-hydrogen) atoms. The van der Waals surface area contributed by atoms with Gasteiger partial charge in [-0.2, -0.15) is 0 Å². The van der Waals surface area contributed by atoms with Crippen molar-refractivity contribution in [3.05, 3.63) is 76.9 Å². The summed E-state index contributed by atoms with van der Waals surface area (Å²) >= 11 is 0. The first kappa shape index (κ1) is 15.7. The lowest BCUT2D eigenvalue weighted by Gasteiger charge is -2.21. The van der Waals surface area contributed by atoms with Gasteiger partial charge in [-0.3, -0.25) is 4.79 Å². The van der Waals surface area contributed by atoms with Crippen LogP contribution in [0.3, 0.4) is 0 Å². The van der Waals surface area contributed by atoms with Crippen molar-refractivity contribution < 1.29 is 4.79 Å². The molecule has 0 aromatic heterocycles. The third kappa shape index (κ3) is 4.19. The van der Waals surface area contributed by atoms with Crippen LogP contribution >= 0.6 is 0 Å². The third-order valence-electron chi connectivity index (χ3n) is 4.78. The molecule has 0 atom stereocenters. The molecule has 0 spiro atoms. The molecule has 0 bridgehead atoms. The maximum absolute atomic E-state index is 12.2. The Morgan fingerprint density at radius 1 is 0.913 bits per heavy atom. The average molecular weight is 304 g/mol. The standard InChI is InChI=1S/C22H24O/c1-17-7-12-21(13-8-17)22(23)16-11-18-9-14-20(15-10-18)19-5-3-2-4-6-19/h7-16,19H,2-6H2,1H3/b16-11+. The lowest BCUT2D eigenvalue weighted by Crippen LogP contribution is -2.04. The smallest absolute Gasteiger partial charge is 0.185 e. The van der Waals surface area contributed by atoms with Crippen LogP contribution in [0.2, 0.25) is 0 Å². The van der Waals surface area contributed by atoms with Gasteiger partial charge in [0.2, 0.25) is 0 Å². The van der Waals surface area contributed by atoms with Gasteiger partial charge in [-0.15, -0.1) is 0 Å². The number of benzene rings is 2. The molecule has 1 aliphatic carbocycles. The van der Waals surface area contributed by atoms with E-state index < -0.39 is 0 Å². The predicted molar refractivity (Wildman–Crippen MR) is 96.8 cm³/mol. The van der Waals surface area contributed by atoms with Gasteiger partial charge < -0.3 is 0 Å². The van der Waals surface area contributed by atoms with Crippen molar-refractivity contribution in [3.8, 4) is 0 Å². The molecule has 1 aliphatic rings. The van der Waals surface area contributed by atoms with Gasteiger partial charge in [0.1, 0.15) is 0 Å². The zero-order valence-corrected chi connectivity index (χ0v) is 13.8. The zero-order valence-electron chi connectivity index (χ0n) is 13.8. The Bertz CT molecular complexity index is 671. The van der Waals surface area contributed by atoms with E-state index in [0.717, 1.165) is 17.0 Å². The Labute approximate surface area is 139 Å². The van der Waals surface area contributed by atoms with Gasteiger partial charge in [0.25, 0.3) is 0 Å². The van der Waals surface area contributed by atoms with E-state index in [2.05, 4.69) is 24.3 Å². The van der Waals surface area contributed by atoms with Gasteiger partial charge in [0.15, 0.2) is 5.78 Å². The third-order valence-corrected chi connectivity index (χ3v) is 4.78. The molecule has 1 fully saturated rings. The largest absolute Gasteiger partial charge is 0.289 e. The fourth-order valence-corrected chi connectivity index (χ4v) is 3.30. The molecular formula is C22H24O. The topological polar surface area (TPSA) is 17.1 Å². The van der Waals surface area contributed by atoms with E-state index in [1.165, 1.54) is 43.2 Å². The number of carbonyl (C=O) groups is 1. The molecule has 2 aromatic carbocycles. The molecule has 2 aromatic rings. The lowest BCUT2D eigenvalue weighted by molar-refractivity contribution is 0.104. The summed E-state index contributed by atoms with van der Waals surface area (Å²) in [5, 5.41) is 0. The van der Waals surface area contributed by atoms with Gasteiger partial charge in [-0.1, -0.05) is 79.4 Å². The van der Waals surface area contributed by atoms with Crippen LogP contribution in [0.25, 0.3) is 6.08 Å². The van der Waals surface area contributed by atoms with Crippen LogP contribution in [0.5, 0.6) is 0 Å². The normalized spacial score (nSPS) is 15.9. The van der Waals surface area contributed by atoms with Crippen molar-refractivity contribution in [1.29, 1.82) is 0 Å². The highest BCUT2D eigenvalue weighted by Gasteiger charge is 2.14. The molecule has 0 radical (unpaired) electrons. The Balaban J connectivity index is 1.65. The second-order valence-electron chi connectivity index (χ2n) is 6.57. The lowest BCUT2D eigenvalue weighted by atomic mass is 9.84. The fourth-order valence-electron chi connectivity index (χ4n) is 3.30. The first-order valence-corrected chi connectivity index (χ1v) is 8.61. The summed E-state index contributed by atoms with van der Waals surface area (Å²) in [6, 6.07) is 16.4. The van der Waals surface area contributed by atoms with Crippen LogP contribution in [0, 0.1) is 6.92 Å². The summed E-state index contributed by atoms with van der Waals surface area (Å²) in [6.07, 6.45) is 10.3. The second-order valence-corrected chi connectivity index (χ2v) is 6.57. The van der Waals surface area contributed by atoms with E-state index in [0.29, 0.717) is 0 Å². The van der Waals surface area contributed by atoms with Gasteiger partial charge in [-0.05, 0) is 42.9 Å². The van der Waals surface area contributed by atoms with Crippen LogP contribution < -0.4 is 0 Å². The number of ketones is 1. The zero-order chi connectivity index (χ0) is 16.1. The van der Waals surface area contributed by atoms with Crippen molar-refractivity contribution in [3.63, 3.8) is 0 Å². The molecule has 0 aliphatic heterocycles. The van der Waals surface area contributed by atoms with E-state index in [1.54, 1.807) is 6.08 Å². The highest BCUT2D eigenvalue weighted by molar-refractivity contribution is 6.06. The first-order valence-electron chi connectivity index (χ1n) is 8.61. The summed E-state index contributed by atoms with van der Waals surface area (Å²) < 4.78 is 0. The minimum absolute atomic E-state index is 0.0568. The van der Waals surface area contributed by atoms with Crippen molar-refractivity contribution in [2.75, 3.05) is 0 Å². The maximum atomic E-state index is 12.2. The highest BCUT2D eigenvalue weighted by Crippen LogP contribution is 2.32. The van der Waals surface area contributed by atoms with Crippen LogP contribution in [-0.2, 0) is 0 Å². The minimum atomic E-state index is 0.0568. The molecular weight excluding hydrogens is 280 g/mol. The number of aryl methyl sites for hydroxylation is 1. The van der Waals surface area contributed by atoms with Gasteiger partial charge in [-0.25, -0.2) is 0 Å². The molecule has 0 saturated heterocycles. The maximum Gasteiger partial charge on any atom is 0.185 e. The van der Waals surface area contributed by atoms with E-state index >= 15 is 0 Å². The molecule has 3 rings (SSSR count). The van der Waals surface area contributed by atoms with Crippen LogP contribution in [0.4, 0.5) is 0 Å². The molecule has 1 saturated carbocycles. The van der Waals surface area contributed by atoms with Crippen LogP contribution in [-0.4, -0.2) is 5.78 Å². The minimum Gasteiger partial charge on any atom is -0.289 e. The average Bonchev–Trinajstić information content (AvgIpc) is 2.61. The summed E-state index contributed by atoms with van der Waals surface area (Å²) in [4.78, 5) is 12.2. The van der Waals surface area contributed by atoms with Gasteiger partial charge >= 0.3 is 0 Å². The molecule has 0 heterocycles.